The van der Waals surface area contributed by atoms with Crippen molar-refractivity contribution >= 4 is 5.97 Å². The van der Waals surface area contributed by atoms with Gasteiger partial charge in [-0.25, -0.2) is 0 Å². The van der Waals surface area contributed by atoms with Gasteiger partial charge in [0.15, 0.2) is 0 Å². The van der Waals surface area contributed by atoms with Gasteiger partial charge in [-0.05, 0) is 26.7 Å². The molecule has 0 aromatic carbocycles. The molecule has 0 N–H and O–H groups in total. The molecule has 0 saturated carbocycles. The molecule has 0 bridgehead atoms. The zero-order chi connectivity index (χ0) is 14.5. The summed E-state index contributed by atoms with van der Waals surface area (Å²) in [6.07, 6.45) is 4.45. The van der Waals surface area contributed by atoms with Crippen LogP contribution in [0.1, 0.15) is 59.8 Å². The fourth-order valence-electron chi connectivity index (χ4n) is 1.48. The molecule has 4 nitrogen and oxygen atoms in total. The van der Waals surface area contributed by atoms with Gasteiger partial charge in [0.25, 0.3) is 0 Å². The van der Waals surface area contributed by atoms with Crippen LogP contribution in [0.4, 0.5) is 0 Å². The van der Waals surface area contributed by atoms with Crippen LogP contribution in [0.15, 0.2) is 0 Å². The smallest absolute Gasteiger partial charge is 0.306 e. The largest absolute Gasteiger partial charge is 0.460 e. The van der Waals surface area contributed by atoms with Crippen LogP contribution in [0.5, 0.6) is 0 Å². The molecule has 19 heavy (non-hydrogen) atoms. The van der Waals surface area contributed by atoms with E-state index < -0.39 is 0 Å². The minimum Gasteiger partial charge on any atom is -0.460 e. The molecule has 0 fully saturated rings. The van der Waals surface area contributed by atoms with Gasteiger partial charge < -0.3 is 14.2 Å². The zero-order valence-electron chi connectivity index (χ0n) is 12.9. The summed E-state index contributed by atoms with van der Waals surface area (Å²) in [5.74, 6) is -0.134. The molecular weight excluding hydrogens is 244 g/mol. The van der Waals surface area contributed by atoms with Crippen molar-refractivity contribution in [3.63, 3.8) is 0 Å². The number of esters is 1. The second kappa shape index (κ2) is 12.4. The molecule has 0 aliphatic rings. The maximum absolute atomic E-state index is 11.4. The molecule has 0 aromatic rings. The van der Waals surface area contributed by atoms with Crippen molar-refractivity contribution in [2.45, 2.75) is 72.0 Å². The third kappa shape index (κ3) is 12.2. The number of rotatable bonds is 12. The molecule has 4 heteroatoms. The van der Waals surface area contributed by atoms with Crippen molar-refractivity contribution < 1.29 is 19.0 Å². The Kier molecular flexibility index (Phi) is 12.0. The fraction of sp³-hybridized carbons (Fsp3) is 0.933. The Morgan fingerprint density at radius 2 is 1.68 bits per heavy atom. The molecular formula is C15H30O4. The lowest BCUT2D eigenvalue weighted by molar-refractivity contribution is -0.152. The molecule has 2 unspecified atom stereocenters. The SMILES string of the molecule is CCCCOCC(C)OCC(C)OC(=O)CCCC. The molecule has 0 heterocycles. The maximum atomic E-state index is 11.4. The van der Waals surface area contributed by atoms with Gasteiger partial charge in [-0.2, -0.15) is 0 Å². The molecule has 0 aliphatic carbocycles. The van der Waals surface area contributed by atoms with E-state index in [1.807, 2.05) is 13.8 Å². The fourth-order valence-corrected chi connectivity index (χ4v) is 1.48. The van der Waals surface area contributed by atoms with Gasteiger partial charge in [-0.3, -0.25) is 4.79 Å². The predicted octanol–water partition coefficient (Wildman–Crippen LogP) is 3.33. The normalized spacial score (nSPS) is 14.1. The van der Waals surface area contributed by atoms with Crippen molar-refractivity contribution in [2.75, 3.05) is 19.8 Å². The molecule has 0 aliphatic heterocycles. The summed E-state index contributed by atoms with van der Waals surface area (Å²) in [5.41, 5.74) is 0. The molecule has 0 spiro atoms. The van der Waals surface area contributed by atoms with Crippen LogP contribution < -0.4 is 0 Å². The lowest BCUT2D eigenvalue weighted by Gasteiger charge is -2.17. The average Bonchev–Trinajstić information content (AvgIpc) is 2.39. The second-order valence-electron chi connectivity index (χ2n) is 4.98. The van der Waals surface area contributed by atoms with E-state index in [0.717, 1.165) is 32.3 Å². The van der Waals surface area contributed by atoms with Crippen LogP contribution in [0, 0.1) is 0 Å². The van der Waals surface area contributed by atoms with Gasteiger partial charge in [0.2, 0.25) is 0 Å². The highest BCUT2D eigenvalue weighted by Crippen LogP contribution is 2.02. The van der Waals surface area contributed by atoms with Crippen LogP contribution in [0.25, 0.3) is 0 Å². The minimum absolute atomic E-state index is 0.0358. The Balaban J connectivity index is 3.54. The monoisotopic (exact) mass is 274 g/mol. The van der Waals surface area contributed by atoms with Crippen LogP contribution in [-0.2, 0) is 19.0 Å². The van der Waals surface area contributed by atoms with Crippen LogP contribution >= 0.6 is 0 Å². The van der Waals surface area contributed by atoms with Crippen LogP contribution in [-0.4, -0.2) is 38.0 Å². The average molecular weight is 274 g/mol. The first-order chi connectivity index (χ1) is 9.10. The maximum Gasteiger partial charge on any atom is 0.306 e. The first-order valence-corrected chi connectivity index (χ1v) is 7.48. The van der Waals surface area contributed by atoms with E-state index in [2.05, 4.69) is 13.8 Å². The van der Waals surface area contributed by atoms with Gasteiger partial charge in [0.1, 0.15) is 6.10 Å². The molecule has 0 rings (SSSR count). The highest BCUT2D eigenvalue weighted by atomic mass is 16.6. The summed E-state index contributed by atoms with van der Waals surface area (Å²) in [5, 5.41) is 0. The molecule has 114 valence electrons. The van der Waals surface area contributed by atoms with Crippen molar-refractivity contribution in [3.05, 3.63) is 0 Å². The lowest BCUT2D eigenvalue weighted by atomic mass is 10.2. The Morgan fingerprint density at radius 3 is 2.32 bits per heavy atom. The summed E-state index contributed by atoms with van der Waals surface area (Å²) in [7, 11) is 0. The van der Waals surface area contributed by atoms with Gasteiger partial charge in [0.05, 0.1) is 19.3 Å². The third-order valence-corrected chi connectivity index (χ3v) is 2.68. The van der Waals surface area contributed by atoms with Crippen LogP contribution in [0.3, 0.4) is 0 Å². The number of ether oxygens (including phenoxy) is 3. The molecule has 0 amide bonds. The second-order valence-corrected chi connectivity index (χ2v) is 4.98. The van der Waals surface area contributed by atoms with E-state index in [4.69, 9.17) is 14.2 Å². The van der Waals surface area contributed by atoms with E-state index in [1.54, 1.807) is 0 Å². The van der Waals surface area contributed by atoms with E-state index >= 15 is 0 Å². The number of hydrogen-bond acceptors (Lipinski definition) is 4. The van der Waals surface area contributed by atoms with E-state index in [0.29, 0.717) is 19.6 Å². The summed E-state index contributed by atoms with van der Waals surface area (Å²) in [6.45, 7) is 9.82. The molecule has 0 aromatic heterocycles. The standard InChI is InChI=1S/C15H30O4/c1-5-7-9-15(16)19-14(4)12-18-13(3)11-17-10-8-6-2/h13-14H,5-12H2,1-4H3. The summed E-state index contributed by atoms with van der Waals surface area (Å²) < 4.78 is 16.3. The number of carbonyl (C=O) groups excluding carboxylic acids is 1. The molecule has 0 radical (unpaired) electrons. The van der Waals surface area contributed by atoms with Gasteiger partial charge in [-0.1, -0.05) is 26.7 Å². The number of carbonyl (C=O) groups is 1. The van der Waals surface area contributed by atoms with Crippen LogP contribution in [0.2, 0.25) is 0 Å². The Bertz CT molecular complexity index is 218. The predicted molar refractivity (Wildman–Crippen MR) is 76.2 cm³/mol. The van der Waals surface area contributed by atoms with E-state index in [1.165, 1.54) is 0 Å². The Morgan fingerprint density at radius 1 is 1.00 bits per heavy atom. The van der Waals surface area contributed by atoms with Gasteiger partial charge in [-0.15, -0.1) is 0 Å². The van der Waals surface area contributed by atoms with Gasteiger partial charge in [0, 0.05) is 13.0 Å². The molecule has 0 saturated heterocycles. The van der Waals surface area contributed by atoms with Crippen molar-refractivity contribution in [2.24, 2.45) is 0 Å². The summed E-state index contributed by atoms with van der Waals surface area (Å²) >= 11 is 0. The first kappa shape index (κ1) is 18.4. The third-order valence-electron chi connectivity index (χ3n) is 2.68. The molecule has 2 atom stereocenters. The van der Waals surface area contributed by atoms with E-state index in [9.17, 15) is 4.79 Å². The summed E-state index contributed by atoms with van der Waals surface area (Å²) in [6, 6.07) is 0. The quantitative estimate of drug-likeness (QED) is 0.404. The first-order valence-electron chi connectivity index (χ1n) is 7.48. The lowest BCUT2D eigenvalue weighted by Crippen LogP contribution is -2.25. The van der Waals surface area contributed by atoms with Crippen molar-refractivity contribution in [3.8, 4) is 0 Å². The van der Waals surface area contributed by atoms with Crippen molar-refractivity contribution in [1.29, 1.82) is 0 Å². The summed E-state index contributed by atoms with van der Waals surface area (Å²) in [4.78, 5) is 11.4. The minimum atomic E-state index is -0.192. The Hall–Kier alpha value is -0.610. The van der Waals surface area contributed by atoms with E-state index in [-0.39, 0.29) is 18.2 Å². The highest BCUT2D eigenvalue weighted by Gasteiger charge is 2.11. The zero-order valence-corrected chi connectivity index (χ0v) is 12.9. The topological polar surface area (TPSA) is 44.8 Å². The number of unbranched alkanes of at least 4 members (excludes halogenated alkanes) is 2. The van der Waals surface area contributed by atoms with Gasteiger partial charge >= 0.3 is 5.97 Å². The Labute approximate surface area is 117 Å². The van der Waals surface area contributed by atoms with Crippen molar-refractivity contribution in [1.82, 2.24) is 0 Å². The highest BCUT2D eigenvalue weighted by molar-refractivity contribution is 5.69. The number of hydrogen-bond donors (Lipinski definition) is 0.